The van der Waals surface area contributed by atoms with Crippen LogP contribution in [0.1, 0.15) is 24.0 Å². The van der Waals surface area contributed by atoms with Gasteiger partial charge in [0, 0.05) is 25.0 Å². The molecule has 22 heavy (non-hydrogen) atoms. The highest BCUT2D eigenvalue weighted by molar-refractivity contribution is 5.78. The fraction of sp³-hybridized carbons (Fsp3) is 0.333. The average molecular weight is 296 g/mol. The Hall–Kier alpha value is -2.36. The van der Waals surface area contributed by atoms with Gasteiger partial charge in [-0.1, -0.05) is 18.2 Å². The first-order chi connectivity index (χ1) is 10.7. The first kappa shape index (κ1) is 14.6. The number of aryl methyl sites for hydroxylation is 1. The fourth-order valence-corrected chi connectivity index (χ4v) is 2.43. The van der Waals surface area contributed by atoms with Crippen molar-refractivity contribution in [3.63, 3.8) is 0 Å². The molecular weight excluding hydrogens is 276 g/mol. The SMILES string of the molecule is Cc1cccc(OCC(=O)N(Cc2cccnc2)C2CC2)c1. The van der Waals surface area contributed by atoms with E-state index in [4.69, 9.17) is 4.74 Å². The molecule has 4 heteroatoms. The van der Waals surface area contributed by atoms with E-state index in [1.165, 1.54) is 0 Å². The molecule has 0 saturated heterocycles. The molecule has 2 aromatic rings. The molecule has 3 rings (SSSR count). The lowest BCUT2D eigenvalue weighted by atomic mass is 10.2. The van der Waals surface area contributed by atoms with Gasteiger partial charge in [-0.05, 0) is 49.1 Å². The van der Waals surface area contributed by atoms with Gasteiger partial charge in [-0.3, -0.25) is 9.78 Å². The smallest absolute Gasteiger partial charge is 0.261 e. The Balaban J connectivity index is 1.61. The van der Waals surface area contributed by atoms with Crippen LogP contribution in [-0.2, 0) is 11.3 Å². The summed E-state index contributed by atoms with van der Waals surface area (Å²) in [6.07, 6.45) is 5.71. The summed E-state index contributed by atoms with van der Waals surface area (Å²) in [6, 6.07) is 12.0. The second kappa shape index (κ2) is 6.60. The number of pyridine rings is 1. The minimum atomic E-state index is 0.0351. The molecule has 1 aliphatic carbocycles. The van der Waals surface area contributed by atoms with Crippen LogP contribution in [0.3, 0.4) is 0 Å². The Morgan fingerprint density at radius 3 is 2.86 bits per heavy atom. The number of hydrogen-bond donors (Lipinski definition) is 0. The monoisotopic (exact) mass is 296 g/mol. The van der Waals surface area contributed by atoms with Gasteiger partial charge in [-0.15, -0.1) is 0 Å². The molecule has 114 valence electrons. The Morgan fingerprint density at radius 1 is 1.32 bits per heavy atom. The third kappa shape index (κ3) is 3.85. The lowest BCUT2D eigenvalue weighted by molar-refractivity contribution is -0.134. The molecule has 0 bridgehead atoms. The second-order valence-electron chi connectivity index (χ2n) is 5.72. The predicted octanol–water partition coefficient (Wildman–Crippen LogP) is 2.96. The van der Waals surface area contributed by atoms with Gasteiger partial charge in [-0.25, -0.2) is 0 Å². The van der Waals surface area contributed by atoms with Crippen molar-refractivity contribution in [3.05, 3.63) is 59.9 Å². The Kier molecular flexibility index (Phi) is 4.37. The molecule has 1 heterocycles. The number of ether oxygens (including phenoxy) is 1. The van der Waals surface area contributed by atoms with Gasteiger partial charge in [0.1, 0.15) is 5.75 Å². The number of nitrogens with zero attached hydrogens (tertiary/aromatic N) is 2. The van der Waals surface area contributed by atoms with E-state index >= 15 is 0 Å². The van der Waals surface area contributed by atoms with E-state index in [1.807, 2.05) is 54.4 Å². The van der Waals surface area contributed by atoms with Crippen LogP contribution in [0, 0.1) is 6.92 Å². The minimum absolute atomic E-state index is 0.0351. The van der Waals surface area contributed by atoms with Crippen LogP contribution in [0.2, 0.25) is 0 Å². The van der Waals surface area contributed by atoms with E-state index in [2.05, 4.69) is 4.98 Å². The van der Waals surface area contributed by atoms with Gasteiger partial charge in [0.25, 0.3) is 5.91 Å². The van der Waals surface area contributed by atoms with E-state index in [0.29, 0.717) is 12.6 Å². The van der Waals surface area contributed by atoms with Crippen LogP contribution in [0.4, 0.5) is 0 Å². The van der Waals surface area contributed by atoms with Gasteiger partial charge < -0.3 is 9.64 Å². The Morgan fingerprint density at radius 2 is 2.18 bits per heavy atom. The van der Waals surface area contributed by atoms with E-state index in [1.54, 1.807) is 6.20 Å². The van der Waals surface area contributed by atoms with Crippen LogP contribution in [0.15, 0.2) is 48.8 Å². The fourth-order valence-electron chi connectivity index (χ4n) is 2.43. The molecule has 0 aliphatic heterocycles. The molecule has 1 amide bonds. The highest BCUT2D eigenvalue weighted by Gasteiger charge is 2.32. The topological polar surface area (TPSA) is 42.4 Å². The number of carbonyl (C=O) groups is 1. The van der Waals surface area contributed by atoms with Crippen LogP contribution in [0.25, 0.3) is 0 Å². The zero-order valence-electron chi connectivity index (χ0n) is 12.7. The molecule has 1 aromatic carbocycles. The van der Waals surface area contributed by atoms with Gasteiger partial charge in [0.2, 0.25) is 0 Å². The molecule has 4 nitrogen and oxygen atoms in total. The van der Waals surface area contributed by atoms with Crippen molar-refractivity contribution < 1.29 is 9.53 Å². The summed E-state index contributed by atoms with van der Waals surface area (Å²) in [5.74, 6) is 0.776. The molecule has 1 saturated carbocycles. The van der Waals surface area contributed by atoms with Crippen LogP contribution in [0.5, 0.6) is 5.75 Å². The van der Waals surface area contributed by atoms with Crippen molar-refractivity contribution in [3.8, 4) is 5.75 Å². The summed E-state index contributed by atoms with van der Waals surface area (Å²) in [4.78, 5) is 18.5. The number of hydrogen-bond acceptors (Lipinski definition) is 3. The first-order valence-corrected chi connectivity index (χ1v) is 7.60. The maximum atomic E-state index is 12.5. The lowest BCUT2D eigenvalue weighted by Gasteiger charge is -2.22. The summed E-state index contributed by atoms with van der Waals surface area (Å²) < 4.78 is 5.64. The van der Waals surface area contributed by atoms with Crippen molar-refractivity contribution >= 4 is 5.91 Å². The minimum Gasteiger partial charge on any atom is -0.484 e. The molecule has 0 unspecified atom stereocenters. The second-order valence-corrected chi connectivity index (χ2v) is 5.72. The highest BCUT2D eigenvalue weighted by atomic mass is 16.5. The van der Waals surface area contributed by atoms with Crippen LogP contribution >= 0.6 is 0 Å². The number of carbonyl (C=O) groups excluding carboxylic acids is 1. The molecule has 1 fully saturated rings. The summed E-state index contributed by atoms with van der Waals surface area (Å²) in [6.45, 7) is 2.70. The van der Waals surface area contributed by atoms with Gasteiger partial charge in [-0.2, -0.15) is 0 Å². The predicted molar refractivity (Wildman–Crippen MR) is 84.5 cm³/mol. The molecule has 1 aromatic heterocycles. The van der Waals surface area contributed by atoms with Crippen LogP contribution < -0.4 is 4.74 Å². The zero-order valence-corrected chi connectivity index (χ0v) is 12.7. The average Bonchev–Trinajstić information content (AvgIpc) is 3.36. The highest BCUT2D eigenvalue weighted by Crippen LogP contribution is 2.28. The quantitative estimate of drug-likeness (QED) is 0.823. The number of amides is 1. The molecule has 1 aliphatic rings. The zero-order chi connectivity index (χ0) is 15.4. The normalized spacial score (nSPS) is 13.7. The van der Waals surface area contributed by atoms with Gasteiger partial charge in [0.15, 0.2) is 6.61 Å². The van der Waals surface area contributed by atoms with Crippen molar-refractivity contribution in [2.24, 2.45) is 0 Å². The van der Waals surface area contributed by atoms with Gasteiger partial charge >= 0.3 is 0 Å². The van der Waals surface area contributed by atoms with E-state index < -0.39 is 0 Å². The lowest BCUT2D eigenvalue weighted by Crippen LogP contribution is -2.36. The van der Waals surface area contributed by atoms with Gasteiger partial charge in [0.05, 0.1) is 0 Å². The van der Waals surface area contributed by atoms with Crippen molar-refractivity contribution in [1.82, 2.24) is 9.88 Å². The molecular formula is C18H20N2O2. The summed E-state index contributed by atoms with van der Waals surface area (Å²) in [5.41, 5.74) is 2.18. The number of benzene rings is 1. The Labute approximate surface area is 130 Å². The van der Waals surface area contributed by atoms with Crippen LogP contribution in [-0.4, -0.2) is 28.4 Å². The van der Waals surface area contributed by atoms with E-state index in [9.17, 15) is 4.79 Å². The molecule has 0 radical (unpaired) electrons. The summed E-state index contributed by atoms with van der Waals surface area (Å²) in [7, 11) is 0. The largest absolute Gasteiger partial charge is 0.484 e. The number of aromatic nitrogens is 1. The van der Waals surface area contributed by atoms with Crippen molar-refractivity contribution in [2.75, 3.05) is 6.61 Å². The van der Waals surface area contributed by atoms with E-state index in [-0.39, 0.29) is 12.5 Å². The first-order valence-electron chi connectivity index (χ1n) is 7.60. The third-order valence-electron chi connectivity index (χ3n) is 3.74. The van der Waals surface area contributed by atoms with Crippen molar-refractivity contribution in [2.45, 2.75) is 32.4 Å². The maximum Gasteiger partial charge on any atom is 0.261 e. The Bertz CT molecular complexity index is 639. The summed E-state index contributed by atoms with van der Waals surface area (Å²) >= 11 is 0. The third-order valence-corrected chi connectivity index (χ3v) is 3.74. The molecule has 0 spiro atoms. The molecule has 0 atom stereocenters. The standard InChI is InChI=1S/C18H20N2O2/c1-14-4-2-6-17(10-14)22-13-18(21)20(16-7-8-16)12-15-5-3-9-19-11-15/h2-6,9-11,16H,7-8,12-13H2,1H3. The van der Waals surface area contributed by atoms with Crippen molar-refractivity contribution in [1.29, 1.82) is 0 Å². The maximum absolute atomic E-state index is 12.5. The molecule has 0 N–H and O–H groups in total. The number of rotatable bonds is 6. The van der Waals surface area contributed by atoms with E-state index in [0.717, 1.165) is 29.7 Å². The summed E-state index contributed by atoms with van der Waals surface area (Å²) in [5, 5.41) is 0.